The smallest absolute Gasteiger partial charge is 0.253 e. The van der Waals surface area contributed by atoms with Gasteiger partial charge < -0.3 is 4.74 Å². The molecule has 5 rings (SSSR count). The maximum atomic E-state index is 13.9. The molecule has 0 saturated carbocycles. The van der Waals surface area contributed by atoms with Gasteiger partial charge in [0.2, 0.25) is 5.91 Å². The van der Waals surface area contributed by atoms with E-state index in [2.05, 4.69) is 4.98 Å². The summed E-state index contributed by atoms with van der Waals surface area (Å²) in [6, 6.07) is 13.6. The molecule has 3 aromatic heterocycles. The summed E-state index contributed by atoms with van der Waals surface area (Å²) in [5.74, 6) is 0.380. The monoisotopic (exact) mass is 514 g/mol. The molecule has 1 atom stereocenters. The maximum absolute atomic E-state index is 13.9. The highest BCUT2D eigenvalue weighted by Gasteiger charge is 2.42. The van der Waals surface area contributed by atoms with Crippen molar-refractivity contribution in [2.75, 3.05) is 18.6 Å². The van der Waals surface area contributed by atoms with Crippen LogP contribution < -0.4 is 9.64 Å². The molecule has 1 saturated heterocycles. The van der Waals surface area contributed by atoms with Crippen LogP contribution in [-0.2, 0) is 21.4 Å². The number of fused-ring (bicyclic) bond motifs is 1. The second kappa shape index (κ2) is 9.41. The molecule has 0 spiro atoms. The van der Waals surface area contributed by atoms with Crippen LogP contribution in [0.1, 0.15) is 18.5 Å². The highest BCUT2D eigenvalue weighted by Crippen LogP contribution is 2.35. The largest absolute Gasteiger partial charge is 0.497 e. The molecule has 4 heterocycles. The molecule has 1 amide bonds. The number of hydrogen-bond donors (Lipinski definition) is 0. The zero-order valence-electron chi connectivity index (χ0n) is 18.3. The standard InChI is InChI=1S/C23H22N4O4S3/c1-31-17-9-10-20-18(14-17)25-23(33-20)26(15-16-6-2-3-11-24-16)22(28)19-7-4-12-27(19)34(29,30)21-8-5-13-32-21/h2-3,5-6,8-11,13-14,19H,4,7,12,15H2,1H3/t19-/m1/s1. The quantitative estimate of drug-likeness (QED) is 0.368. The normalized spacial score (nSPS) is 16.7. The van der Waals surface area contributed by atoms with Crippen molar-refractivity contribution in [1.82, 2.24) is 14.3 Å². The van der Waals surface area contributed by atoms with E-state index in [9.17, 15) is 13.2 Å². The van der Waals surface area contributed by atoms with Gasteiger partial charge in [-0.1, -0.05) is 23.5 Å². The number of thiophene rings is 1. The first kappa shape index (κ1) is 22.9. The second-order valence-electron chi connectivity index (χ2n) is 7.78. The van der Waals surface area contributed by atoms with Crippen LogP contribution in [0.5, 0.6) is 5.75 Å². The summed E-state index contributed by atoms with van der Waals surface area (Å²) in [6.45, 7) is 0.505. The molecular weight excluding hydrogens is 492 g/mol. The lowest BCUT2D eigenvalue weighted by atomic mass is 10.2. The molecule has 0 aliphatic carbocycles. The Labute approximate surface area is 205 Å². The Hall–Kier alpha value is -2.86. The van der Waals surface area contributed by atoms with E-state index in [1.165, 1.54) is 15.6 Å². The van der Waals surface area contributed by atoms with Crippen molar-refractivity contribution in [2.24, 2.45) is 0 Å². The number of amides is 1. The number of aromatic nitrogens is 2. The molecule has 0 unspecified atom stereocenters. The van der Waals surface area contributed by atoms with Crippen LogP contribution >= 0.6 is 22.7 Å². The van der Waals surface area contributed by atoms with E-state index >= 15 is 0 Å². The number of rotatable bonds is 7. The van der Waals surface area contributed by atoms with Gasteiger partial charge in [-0.2, -0.15) is 4.31 Å². The number of benzene rings is 1. The van der Waals surface area contributed by atoms with Crippen LogP contribution in [0.25, 0.3) is 10.2 Å². The molecule has 34 heavy (non-hydrogen) atoms. The van der Waals surface area contributed by atoms with Gasteiger partial charge in [-0.05, 0) is 48.6 Å². The Morgan fingerprint density at radius 3 is 2.85 bits per heavy atom. The zero-order chi connectivity index (χ0) is 23.7. The van der Waals surface area contributed by atoms with E-state index in [4.69, 9.17) is 9.72 Å². The summed E-state index contributed by atoms with van der Waals surface area (Å²) in [7, 11) is -2.17. The molecule has 0 radical (unpaired) electrons. The van der Waals surface area contributed by atoms with Crippen LogP contribution in [0.3, 0.4) is 0 Å². The van der Waals surface area contributed by atoms with Crippen LogP contribution in [0.2, 0.25) is 0 Å². The summed E-state index contributed by atoms with van der Waals surface area (Å²) in [4.78, 5) is 24.5. The first-order valence-corrected chi connectivity index (χ1v) is 13.8. The first-order chi connectivity index (χ1) is 16.5. The topological polar surface area (TPSA) is 92.7 Å². The Morgan fingerprint density at radius 2 is 2.12 bits per heavy atom. The number of thiazole rings is 1. The van der Waals surface area contributed by atoms with Crippen LogP contribution in [0.15, 0.2) is 64.3 Å². The van der Waals surface area contributed by atoms with E-state index in [0.717, 1.165) is 16.0 Å². The second-order valence-corrected chi connectivity index (χ2v) is 11.9. The number of carbonyl (C=O) groups excluding carboxylic acids is 1. The van der Waals surface area contributed by atoms with Gasteiger partial charge in [-0.25, -0.2) is 13.4 Å². The summed E-state index contributed by atoms with van der Waals surface area (Å²) in [5, 5.41) is 2.22. The molecule has 1 aliphatic rings. The van der Waals surface area contributed by atoms with Crippen molar-refractivity contribution in [1.29, 1.82) is 0 Å². The van der Waals surface area contributed by atoms with Gasteiger partial charge in [-0.3, -0.25) is 14.7 Å². The van der Waals surface area contributed by atoms with Gasteiger partial charge in [0.05, 0.1) is 29.6 Å². The molecular formula is C23H22N4O4S3. The minimum Gasteiger partial charge on any atom is -0.497 e. The molecule has 8 nitrogen and oxygen atoms in total. The average Bonchev–Trinajstić information content (AvgIpc) is 3.62. The highest BCUT2D eigenvalue weighted by molar-refractivity contribution is 7.91. The molecule has 11 heteroatoms. The fourth-order valence-corrected chi connectivity index (χ4v) is 7.73. The lowest BCUT2D eigenvalue weighted by Gasteiger charge is -2.28. The van der Waals surface area contributed by atoms with E-state index in [-0.39, 0.29) is 16.7 Å². The van der Waals surface area contributed by atoms with Crippen molar-refractivity contribution < 1.29 is 17.9 Å². The summed E-state index contributed by atoms with van der Waals surface area (Å²) in [6.07, 6.45) is 2.75. The van der Waals surface area contributed by atoms with Gasteiger partial charge >= 0.3 is 0 Å². The van der Waals surface area contributed by atoms with Crippen LogP contribution in [0, 0.1) is 0 Å². The number of pyridine rings is 1. The molecule has 1 fully saturated rings. The Morgan fingerprint density at radius 1 is 1.24 bits per heavy atom. The minimum absolute atomic E-state index is 0.194. The number of carbonyl (C=O) groups is 1. The number of nitrogens with zero attached hydrogens (tertiary/aromatic N) is 4. The van der Waals surface area contributed by atoms with Gasteiger partial charge in [0, 0.05) is 18.8 Å². The zero-order valence-corrected chi connectivity index (χ0v) is 20.8. The predicted octanol–water partition coefficient (Wildman–Crippen LogP) is 4.15. The number of anilines is 1. The van der Waals surface area contributed by atoms with Crippen LogP contribution in [0.4, 0.5) is 5.13 Å². The predicted molar refractivity (Wildman–Crippen MR) is 133 cm³/mol. The molecule has 1 aromatic carbocycles. The Balaban J connectivity index is 1.53. The lowest BCUT2D eigenvalue weighted by Crippen LogP contribution is -2.47. The first-order valence-electron chi connectivity index (χ1n) is 10.7. The van der Waals surface area contributed by atoms with E-state index in [1.54, 1.807) is 35.7 Å². The van der Waals surface area contributed by atoms with Gasteiger partial charge in [-0.15, -0.1) is 11.3 Å². The van der Waals surface area contributed by atoms with Crippen LogP contribution in [-0.4, -0.2) is 48.3 Å². The highest BCUT2D eigenvalue weighted by atomic mass is 32.2. The third-order valence-corrected chi connectivity index (χ3v) is 10.0. The maximum Gasteiger partial charge on any atom is 0.253 e. The van der Waals surface area contributed by atoms with Crippen molar-refractivity contribution in [2.45, 2.75) is 29.6 Å². The number of methoxy groups -OCH3 is 1. The third kappa shape index (κ3) is 4.31. The average molecular weight is 515 g/mol. The molecule has 0 bridgehead atoms. The molecule has 0 N–H and O–H groups in total. The van der Waals surface area contributed by atoms with Gasteiger partial charge in [0.15, 0.2) is 5.13 Å². The van der Waals surface area contributed by atoms with Crippen molar-refractivity contribution in [3.8, 4) is 5.75 Å². The third-order valence-electron chi connectivity index (χ3n) is 5.67. The summed E-state index contributed by atoms with van der Waals surface area (Å²) < 4.78 is 34.3. The van der Waals surface area contributed by atoms with Gasteiger partial charge in [0.25, 0.3) is 10.0 Å². The Kier molecular flexibility index (Phi) is 6.34. The summed E-state index contributed by atoms with van der Waals surface area (Å²) in [5.41, 5.74) is 1.41. The summed E-state index contributed by atoms with van der Waals surface area (Å²) >= 11 is 2.54. The SMILES string of the molecule is COc1ccc2sc(N(Cc3ccccn3)C(=O)[C@H]3CCCN3S(=O)(=O)c3cccs3)nc2c1. The number of sulfonamides is 1. The van der Waals surface area contributed by atoms with Crippen molar-refractivity contribution >= 4 is 54.0 Å². The molecule has 4 aromatic rings. The lowest BCUT2D eigenvalue weighted by molar-refractivity contribution is -0.121. The fraction of sp³-hybridized carbons (Fsp3) is 0.261. The van der Waals surface area contributed by atoms with Gasteiger partial charge in [0.1, 0.15) is 16.0 Å². The number of ether oxygens (including phenoxy) is 1. The fourth-order valence-electron chi connectivity index (χ4n) is 4.01. The van der Waals surface area contributed by atoms with Crippen molar-refractivity contribution in [3.63, 3.8) is 0 Å². The Bertz CT molecular complexity index is 1400. The van der Waals surface area contributed by atoms with E-state index in [1.807, 2.05) is 36.4 Å². The minimum atomic E-state index is -3.76. The van der Waals surface area contributed by atoms with E-state index in [0.29, 0.717) is 41.5 Å². The number of hydrogen-bond acceptors (Lipinski definition) is 8. The molecule has 1 aliphatic heterocycles. The van der Waals surface area contributed by atoms with E-state index < -0.39 is 16.1 Å². The molecule has 176 valence electrons. The van der Waals surface area contributed by atoms with Crippen molar-refractivity contribution in [3.05, 3.63) is 65.8 Å².